The first-order valence-electron chi connectivity index (χ1n) is 6.40. The molecule has 16 heavy (non-hydrogen) atoms. The van der Waals surface area contributed by atoms with Crippen molar-refractivity contribution in [3.05, 3.63) is 34.9 Å². The molecule has 1 heteroatoms. The lowest BCUT2D eigenvalue weighted by Gasteiger charge is -2.14. The molecule has 1 N–H and O–H groups in total. The van der Waals surface area contributed by atoms with Gasteiger partial charge in [-0.2, -0.15) is 0 Å². The third-order valence-electron chi connectivity index (χ3n) is 3.40. The highest BCUT2D eigenvalue weighted by molar-refractivity contribution is 5.30. The fraction of sp³-hybridized carbons (Fsp3) is 0.600. The van der Waals surface area contributed by atoms with E-state index in [2.05, 4.69) is 51.3 Å². The SMILES string of the molecule is CCC(CCCc1cc(C)ccc1C)NC. The maximum atomic E-state index is 3.36. The lowest BCUT2D eigenvalue weighted by molar-refractivity contribution is 0.491. The smallest absolute Gasteiger partial charge is 0.00615 e. The minimum absolute atomic E-state index is 0.685. The Kier molecular flexibility index (Phi) is 5.54. The van der Waals surface area contributed by atoms with Gasteiger partial charge >= 0.3 is 0 Å². The monoisotopic (exact) mass is 219 g/mol. The highest BCUT2D eigenvalue weighted by atomic mass is 14.9. The van der Waals surface area contributed by atoms with Crippen molar-refractivity contribution >= 4 is 0 Å². The van der Waals surface area contributed by atoms with Gasteiger partial charge in [0.15, 0.2) is 0 Å². The second-order valence-electron chi connectivity index (χ2n) is 4.72. The molecule has 1 nitrogen and oxygen atoms in total. The molecule has 0 aliphatic carbocycles. The summed E-state index contributed by atoms with van der Waals surface area (Å²) in [6, 6.07) is 7.45. The summed E-state index contributed by atoms with van der Waals surface area (Å²) in [6.45, 7) is 6.63. The normalized spacial score (nSPS) is 12.8. The zero-order chi connectivity index (χ0) is 12.0. The first-order chi connectivity index (χ1) is 7.67. The molecule has 1 unspecified atom stereocenters. The molecule has 1 aromatic rings. The Morgan fingerprint density at radius 1 is 1.25 bits per heavy atom. The molecular formula is C15H25N. The summed E-state index contributed by atoms with van der Waals surface area (Å²) in [5.74, 6) is 0. The largest absolute Gasteiger partial charge is 0.317 e. The predicted octanol–water partition coefficient (Wildman–Crippen LogP) is 3.62. The second-order valence-corrected chi connectivity index (χ2v) is 4.72. The fourth-order valence-electron chi connectivity index (χ4n) is 2.16. The van der Waals surface area contributed by atoms with Gasteiger partial charge in [-0.25, -0.2) is 0 Å². The van der Waals surface area contributed by atoms with Crippen molar-refractivity contribution in [2.24, 2.45) is 0 Å². The van der Waals surface area contributed by atoms with Crippen LogP contribution in [0.3, 0.4) is 0 Å². The molecule has 0 aliphatic heterocycles. The van der Waals surface area contributed by atoms with Crippen LogP contribution in [0.2, 0.25) is 0 Å². The number of rotatable bonds is 6. The summed E-state index contributed by atoms with van der Waals surface area (Å²) < 4.78 is 0. The van der Waals surface area contributed by atoms with Crippen molar-refractivity contribution in [3.8, 4) is 0 Å². The molecule has 0 amide bonds. The van der Waals surface area contributed by atoms with Crippen molar-refractivity contribution in [2.75, 3.05) is 7.05 Å². The van der Waals surface area contributed by atoms with Crippen LogP contribution in [-0.4, -0.2) is 13.1 Å². The van der Waals surface area contributed by atoms with Crippen LogP contribution in [0.4, 0.5) is 0 Å². The first-order valence-corrected chi connectivity index (χ1v) is 6.40. The highest BCUT2D eigenvalue weighted by Crippen LogP contribution is 2.14. The number of nitrogens with one attached hydrogen (secondary N) is 1. The molecule has 0 bridgehead atoms. The average molecular weight is 219 g/mol. The lowest BCUT2D eigenvalue weighted by atomic mass is 9.98. The summed E-state index contributed by atoms with van der Waals surface area (Å²) in [4.78, 5) is 0. The predicted molar refractivity (Wildman–Crippen MR) is 72.0 cm³/mol. The van der Waals surface area contributed by atoms with Crippen LogP contribution < -0.4 is 5.32 Å². The zero-order valence-corrected chi connectivity index (χ0v) is 11.1. The summed E-state index contributed by atoms with van der Waals surface area (Å²) in [7, 11) is 2.06. The lowest BCUT2D eigenvalue weighted by Crippen LogP contribution is -2.24. The standard InChI is InChI=1S/C15H25N/c1-5-15(16-4)8-6-7-14-11-12(2)9-10-13(14)3/h9-11,15-16H,5-8H2,1-4H3. The first kappa shape index (κ1) is 13.2. The van der Waals surface area contributed by atoms with Crippen LogP contribution in [-0.2, 0) is 6.42 Å². The highest BCUT2D eigenvalue weighted by Gasteiger charge is 2.04. The van der Waals surface area contributed by atoms with Crippen LogP contribution in [0.15, 0.2) is 18.2 Å². The van der Waals surface area contributed by atoms with Gasteiger partial charge in [0, 0.05) is 6.04 Å². The molecule has 0 fully saturated rings. The number of hydrogen-bond acceptors (Lipinski definition) is 1. The molecule has 0 saturated heterocycles. The van der Waals surface area contributed by atoms with Crippen molar-refractivity contribution < 1.29 is 0 Å². The fourth-order valence-corrected chi connectivity index (χ4v) is 2.16. The molecule has 1 rings (SSSR count). The van der Waals surface area contributed by atoms with Crippen molar-refractivity contribution in [1.29, 1.82) is 0 Å². The zero-order valence-electron chi connectivity index (χ0n) is 11.1. The van der Waals surface area contributed by atoms with E-state index in [0.29, 0.717) is 6.04 Å². The molecular weight excluding hydrogens is 194 g/mol. The molecule has 0 aromatic heterocycles. The Hall–Kier alpha value is -0.820. The van der Waals surface area contributed by atoms with Crippen LogP contribution >= 0.6 is 0 Å². The van der Waals surface area contributed by atoms with E-state index in [1.165, 1.54) is 42.4 Å². The van der Waals surface area contributed by atoms with E-state index < -0.39 is 0 Å². The van der Waals surface area contributed by atoms with Gasteiger partial charge in [0.25, 0.3) is 0 Å². The van der Waals surface area contributed by atoms with E-state index in [-0.39, 0.29) is 0 Å². The summed E-state index contributed by atoms with van der Waals surface area (Å²) in [6.07, 6.45) is 5.00. The third kappa shape index (κ3) is 3.97. The van der Waals surface area contributed by atoms with Gasteiger partial charge in [0.05, 0.1) is 0 Å². The van der Waals surface area contributed by atoms with Crippen LogP contribution in [0.5, 0.6) is 0 Å². The van der Waals surface area contributed by atoms with E-state index in [4.69, 9.17) is 0 Å². The third-order valence-corrected chi connectivity index (χ3v) is 3.40. The van der Waals surface area contributed by atoms with Gasteiger partial charge in [0.2, 0.25) is 0 Å². The molecule has 0 aliphatic rings. The molecule has 90 valence electrons. The maximum Gasteiger partial charge on any atom is 0.00615 e. The number of hydrogen-bond donors (Lipinski definition) is 1. The van der Waals surface area contributed by atoms with Gasteiger partial charge in [0.1, 0.15) is 0 Å². The van der Waals surface area contributed by atoms with Crippen LogP contribution in [0.25, 0.3) is 0 Å². The minimum Gasteiger partial charge on any atom is -0.317 e. The van der Waals surface area contributed by atoms with E-state index in [1.54, 1.807) is 0 Å². The maximum absolute atomic E-state index is 3.36. The Balaban J connectivity index is 2.45. The Morgan fingerprint density at radius 3 is 2.62 bits per heavy atom. The topological polar surface area (TPSA) is 12.0 Å². The summed E-state index contributed by atoms with van der Waals surface area (Å²) >= 11 is 0. The quantitative estimate of drug-likeness (QED) is 0.770. The minimum atomic E-state index is 0.685. The van der Waals surface area contributed by atoms with E-state index in [9.17, 15) is 0 Å². The van der Waals surface area contributed by atoms with Crippen LogP contribution in [0.1, 0.15) is 42.9 Å². The van der Waals surface area contributed by atoms with E-state index in [0.717, 1.165) is 0 Å². The van der Waals surface area contributed by atoms with Gasteiger partial charge in [-0.1, -0.05) is 30.7 Å². The molecule has 0 radical (unpaired) electrons. The van der Waals surface area contributed by atoms with Crippen molar-refractivity contribution in [2.45, 2.75) is 52.5 Å². The van der Waals surface area contributed by atoms with Crippen LogP contribution in [0, 0.1) is 13.8 Å². The number of benzene rings is 1. The summed E-state index contributed by atoms with van der Waals surface area (Å²) in [5.41, 5.74) is 4.33. The molecule has 0 heterocycles. The molecule has 1 aromatic carbocycles. The molecule has 1 atom stereocenters. The van der Waals surface area contributed by atoms with Gasteiger partial charge in [-0.05, 0) is 57.7 Å². The van der Waals surface area contributed by atoms with Gasteiger partial charge in [-0.15, -0.1) is 0 Å². The second kappa shape index (κ2) is 6.70. The van der Waals surface area contributed by atoms with E-state index in [1.807, 2.05) is 0 Å². The van der Waals surface area contributed by atoms with Gasteiger partial charge in [-0.3, -0.25) is 0 Å². The molecule has 0 saturated carbocycles. The Bertz CT molecular complexity index is 313. The Morgan fingerprint density at radius 2 is 2.00 bits per heavy atom. The molecule has 0 spiro atoms. The summed E-state index contributed by atoms with van der Waals surface area (Å²) in [5, 5.41) is 3.36. The van der Waals surface area contributed by atoms with Crippen molar-refractivity contribution in [3.63, 3.8) is 0 Å². The van der Waals surface area contributed by atoms with E-state index >= 15 is 0 Å². The Labute approximate surface area is 100 Å². The average Bonchev–Trinajstić information content (AvgIpc) is 2.29. The number of aryl methyl sites for hydroxylation is 3. The van der Waals surface area contributed by atoms with Crippen molar-refractivity contribution in [1.82, 2.24) is 5.32 Å². The van der Waals surface area contributed by atoms with Gasteiger partial charge < -0.3 is 5.32 Å².